The third kappa shape index (κ3) is 6.22. The van der Waals surface area contributed by atoms with Crippen LogP contribution in [0.25, 0.3) is 0 Å². The van der Waals surface area contributed by atoms with Crippen molar-refractivity contribution in [2.45, 2.75) is 32.1 Å². The molecule has 0 N–H and O–H groups in total. The van der Waals surface area contributed by atoms with Crippen LogP contribution in [0, 0.1) is 0 Å². The highest BCUT2D eigenvalue weighted by Crippen LogP contribution is 2.04. The Morgan fingerprint density at radius 1 is 0.857 bits per heavy atom. The van der Waals surface area contributed by atoms with Crippen molar-refractivity contribution in [2.24, 2.45) is 20.7 Å². The van der Waals surface area contributed by atoms with Crippen molar-refractivity contribution in [1.82, 2.24) is 0 Å². The lowest BCUT2D eigenvalue weighted by atomic mass is 10.1. The van der Waals surface area contributed by atoms with Gasteiger partial charge in [-0.3, -0.25) is 0 Å². The molecular formula is C10H16N4. The van der Waals surface area contributed by atoms with Crippen molar-refractivity contribution < 1.29 is 0 Å². The van der Waals surface area contributed by atoms with Crippen molar-refractivity contribution >= 4 is 0 Å². The molecule has 0 saturated carbocycles. The zero-order valence-corrected chi connectivity index (χ0v) is 8.34. The van der Waals surface area contributed by atoms with Crippen LogP contribution in [0.3, 0.4) is 0 Å². The quantitative estimate of drug-likeness (QED) is 0.560. The van der Waals surface area contributed by atoms with Gasteiger partial charge in [-0.25, -0.2) is 0 Å². The Kier molecular flexibility index (Phi) is 6.37. The van der Waals surface area contributed by atoms with E-state index in [1.165, 1.54) is 19.3 Å². The van der Waals surface area contributed by atoms with E-state index in [0.29, 0.717) is 0 Å². The zero-order valence-electron chi connectivity index (χ0n) is 8.34. The molecule has 0 fully saturated rings. The van der Waals surface area contributed by atoms with Crippen LogP contribution >= 0.6 is 0 Å². The molecule has 0 amide bonds. The van der Waals surface area contributed by atoms with Crippen molar-refractivity contribution in [3.8, 4) is 0 Å². The Morgan fingerprint density at radius 3 is 2.79 bits per heavy atom. The largest absolute Gasteiger partial charge is 0.167 e. The second kappa shape index (κ2) is 8.29. The van der Waals surface area contributed by atoms with Gasteiger partial charge in [0.25, 0.3) is 0 Å². The number of hydrogen-bond donors (Lipinski definition) is 0. The highest BCUT2D eigenvalue weighted by Gasteiger charge is 1.88. The van der Waals surface area contributed by atoms with Crippen LogP contribution in [-0.2, 0) is 0 Å². The molecule has 0 aromatic heterocycles. The average Bonchev–Trinajstić information content (AvgIpc) is 2.22. The van der Waals surface area contributed by atoms with Crippen LogP contribution in [0.1, 0.15) is 32.1 Å². The summed E-state index contributed by atoms with van der Waals surface area (Å²) in [6.45, 7) is 0.762. The molecule has 0 unspecified atom stereocenters. The number of rotatable bonds is 0. The molecule has 0 atom stereocenters. The minimum absolute atomic E-state index is 0.762. The third-order valence-electron chi connectivity index (χ3n) is 1.93. The number of nitrogens with zero attached hydrogens (tertiary/aromatic N) is 4. The minimum atomic E-state index is 0.762. The van der Waals surface area contributed by atoms with Gasteiger partial charge in [0, 0.05) is 0 Å². The third-order valence-corrected chi connectivity index (χ3v) is 1.93. The van der Waals surface area contributed by atoms with Gasteiger partial charge in [-0.15, -0.1) is 5.11 Å². The lowest BCUT2D eigenvalue weighted by Gasteiger charge is -1.95. The van der Waals surface area contributed by atoms with E-state index in [0.717, 1.165) is 19.4 Å². The Hall–Kier alpha value is -1.32. The maximum atomic E-state index is 3.87. The predicted molar refractivity (Wildman–Crippen MR) is 55.9 cm³/mol. The van der Waals surface area contributed by atoms with Gasteiger partial charge in [-0.2, -0.15) is 5.11 Å². The van der Waals surface area contributed by atoms with Crippen molar-refractivity contribution in [3.05, 3.63) is 24.4 Å². The summed E-state index contributed by atoms with van der Waals surface area (Å²) in [5, 5.41) is 14.7. The number of hydrogen-bond acceptors (Lipinski definition) is 4. The Morgan fingerprint density at radius 2 is 1.79 bits per heavy atom. The monoisotopic (exact) mass is 192 g/mol. The second-order valence-corrected chi connectivity index (χ2v) is 3.13. The molecule has 1 aliphatic rings. The van der Waals surface area contributed by atoms with Crippen LogP contribution in [-0.4, -0.2) is 6.54 Å². The SMILES string of the molecule is C1=C\CCCCCCN=NN=N\C=C/1. The lowest BCUT2D eigenvalue weighted by Crippen LogP contribution is -1.81. The van der Waals surface area contributed by atoms with Gasteiger partial charge in [0.15, 0.2) is 0 Å². The van der Waals surface area contributed by atoms with Crippen LogP contribution in [0.15, 0.2) is 45.1 Å². The molecule has 1 rings (SSSR count). The highest BCUT2D eigenvalue weighted by atomic mass is 15.5. The van der Waals surface area contributed by atoms with E-state index in [1.807, 2.05) is 12.2 Å². The molecule has 0 spiro atoms. The fraction of sp³-hybridized carbons (Fsp3) is 0.600. The molecule has 4 nitrogen and oxygen atoms in total. The van der Waals surface area contributed by atoms with E-state index in [2.05, 4.69) is 26.8 Å². The van der Waals surface area contributed by atoms with Crippen LogP contribution in [0.5, 0.6) is 0 Å². The van der Waals surface area contributed by atoms with Gasteiger partial charge in [-0.1, -0.05) is 25.0 Å². The molecule has 4 heteroatoms. The van der Waals surface area contributed by atoms with E-state index >= 15 is 0 Å². The standard InChI is InChI=1S/C10H16N4/c1-2-4-6-8-10-12-14-13-11-9-7-5-3-1/h3,5,7,9H,1-2,4,6,8,10H2/b5-3-,9-7-,13-11?,14-12?. The summed E-state index contributed by atoms with van der Waals surface area (Å²) in [5.41, 5.74) is 0. The molecule has 0 aromatic carbocycles. The van der Waals surface area contributed by atoms with E-state index in [9.17, 15) is 0 Å². The van der Waals surface area contributed by atoms with Gasteiger partial charge in [0.1, 0.15) is 0 Å². The second-order valence-electron chi connectivity index (χ2n) is 3.13. The van der Waals surface area contributed by atoms with E-state index in [4.69, 9.17) is 0 Å². The summed E-state index contributed by atoms with van der Waals surface area (Å²) in [4.78, 5) is 0. The average molecular weight is 192 g/mol. The van der Waals surface area contributed by atoms with Gasteiger partial charge in [0.05, 0.1) is 12.7 Å². The molecule has 76 valence electrons. The number of allylic oxidation sites excluding steroid dienone is 3. The summed E-state index contributed by atoms with van der Waals surface area (Å²) in [7, 11) is 0. The maximum absolute atomic E-state index is 3.87. The Labute approximate surface area is 84.5 Å². The fourth-order valence-corrected chi connectivity index (χ4v) is 1.19. The van der Waals surface area contributed by atoms with Crippen molar-refractivity contribution in [2.75, 3.05) is 6.54 Å². The van der Waals surface area contributed by atoms with E-state index in [-0.39, 0.29) is 0 Å². The molecular weight excluding hydrogens is 176 g/mol. The highest BCUT2D eigenvalue weighted by molar-refractivity contribution is 5.01. The molecule has 1 aliphatic heterocycles. The summed E-state index contributed by atoms with van der Waals surface area (Å²) < 4.78 is 0. The first-order chi connectivity index (χ1) is 7.00. The van der Waals surface area contributed by atoms with Gasteiger partial charge >= 0.3 is 0 Å². The molecule has 1 heterocycles. The summed E-state index contributed by atoms with van der Waals surface area (Å²) in [6, 6.07) is 0. The van der Waals surface area contributed by atoms with E-state index in [1.54, 1.807) is 6.20 Å². The van der Waals surface area contributed by atoms with E-state index < -0.39 is 0 Å². The smallest absolute Gasteiger partial charge is 0.0621 e. The van der Waals surface area contributed by atoms with Crippen molar-refractivity contribution in [3.63, 3.8) is 0 Å². The maximum Gasteiger partial charge on any atom is 0.0621 e. The molecule has 0 aromatic rings. The summed E-state index contributed by atoms with van der Waals surface area (Å²) >= 11 is 0. The minimum Gasteiger partial charge on any atom is -0.167 e. The topological polar surface area (TPSA) is 49.4 Å². The fourth-order valence-electron chi connectivity index (χ4n) is 1.19. The predicted octanol–water partition coefficient (Wildman–Crippen LogP) is 3.84. The van der Waals surface area contributed by atoms with Crippen LogP contribution in [0.2, 0.25) is 0 Å². The van der Waals surface area contributed by atoms with Crippen LogP contribution < -0.4 is 0 Å². The summed E-state index contributed by atoms with van der Waals surface area (Å²) in [5.74, 6) is 0. The summed E-state index contributed by atoms with van der Waals surface area (Å²) in [6.07, 6.45) is 13.6. The Bertz CT molecular complexity index is 215. The Balaban J connectivity index is 2.36. The zero-order chi connectivity index (χ0) is 9.90. The molecule has 0 aliphatic carbocycles. The van der Waals surface area contributed by atoms with Gasteiger partial charge in [-0.05, 0) is 35.8 Å². The van der Waals surface area contributed by atoms with Crippen molar-refractivity contribution in [1.29, 1.82) is 0 Å². The molecule has 14 heavy (non-hydrogen) atoms. The molecule has 0 radical (unpaired) electrons. The lowest BCUT2D eigenvalue weighted by molar-refractivity contribution is 0.641. The molecule has 0 bridgehead atoms. The first-order valence-electron chi connectivity index (χ1n) is 5.08. The van der Waals surface area contributed by atoms with Gasteiger partial charge in [0.2, 0.25) is 0 Å². The van der Waals surface area contributed by atoms with Gasteiger partial charge < -0.3 is 0 Å². The molecule has 0 saturated heterocycles. The van der Waals surface area contributed by atoms with Crippen LogP contribution in [0.4, 0.5) is 0 Å². The first-order valence-corrected chi connectivity index (χ1v) is 5.08. The first kappa shape index (κ1) is 10.8. The normalized spacial score (nSPS) is 24.0.